The smallest absolute Gasteiger partial charge is 0.164 e. The summed E-state index contributed by atoms with van der Waals surface area (Å²) in [4.78, 5) is 18.9. The molecule has 0 N–H and O–H groups in total. The van der Waals surface area contributed by atoms with Crippen molar-refractivity contribution in [1.29, 1.82) is 0 Å². The maximum absolute atomic E-state index is 6.01. The highest BCUT2D eigenvalue weighted by Gasteiger charge is 2.13. The molecule has 0 spiro atoms. The largest absolute Gasteiger partial charge is 0.492 e. The molecule has 4 aromatic rings. The quantitative estimate of drug-likeness (QED) is 0.0246. The average Bonchev–Trinajstić information content (AvgIpc) is 3.39. The summed E-state index contributed by atoms with van der Waals surface area (Å²) in [5.74, 6) is 3.37. The molecule has 0 amide bonds. The van der Waals surface area contributed by atoms with Crippen molar-refractivity contribution in [2.24, 2.45) is 10.2 Å². The number of nitrogens with zero attached hydrogens (tertiary/aromatic N) is 8. The fourth-order valence-electron chi connectivity index (χ4n) is 8.67. The van der Waals surface area contributed by atoms with Crippen LogP contribution in [0.1, 0.15) is 231 Å². The molecule has 0 saturated heterocycles. The predicted molar refractivity (Wildman–Crippen MR) is 298 cm³/mol. The van der Waals surface area contributed by atoms with Crippen LogP contribution in [-0.4, -0.2) is 59.7 Å². The Hall–Kier alpha value is -4.86. The molecule has 0 fully saturated rings. The molecular formula is C60H94N8O2. The summed E-state index contributed by atoms with van der Waals surface area (Å²) in [6.07, 6.45) is 50.6. The van der Waals surface area contributed by atoms with Gasteiger partial charge in [-0.05, 0) is 37.1 Å². The van der Waals surface area contributed by atoms with E-state index in [0.717, 1.165) is 41.3 Å². The molecule has 0 unspecified atom stereocenters. The Balaban J connectivity index is 1.12. The minimum absolute atomic E-state index is 0.574. The summed E-state index contributed by atoms with van der Waals surface area (Å²) >= 11 is 0. The van der Waals surface area contributed by atoms with Crippen molar-refractivity contribution in [2.45, 2.75) is 219 Å². The van der Waals surface area contributed by atoms with Gasteiger partial charge in [0.15, 0.2) is 17.5 Å². The molecule has 0 aliphatic heterocycles. The van der Waals surface area contributed by atoms with Crippen molar-refractivity contribution >= 4 is 24.1 Å². The van der Waals surface area contributed by atoms with E-state index in [0.29, 0.717) is 30.7 Å². The van der Waals surface area contributed by atoms with Crippen molar-refractivity contribution in [2.75, 3.05) is 37.3 Å². The number of benzene rings is 1. The molecule has 4 rings (SSSR count). The molecule has 70 heavy (non-hydrogen) atoms. The molecule has 3 heterocycles. The Kier molecular flexibility index (Phi) is 32.0. The Labute approximate surface area is 426 Å². The first-order valence-corrected chi connectivity index (χ1v) is 28.2. The predicted octanol–water partition coefficient (Wildman–Crippen LogP) is 17.2. The first-order chi connectivity index (χ1) is 34.6. The second-order valence-corrected chi connectivity index (χ2v) is 19.5. The van der Waals surface area contributed by atoms with E-state index < -0.39 is 0 Å². The van der Waals surface area contributed by atoms with Gasteiger partial charge in [-0.2, -0.15) is 10.2 Å². The van der Waals surface area contributed by atoms with E-state index in [4.69, 9.17) is 19.4 Å². The molecule has 0 bridgehead atoms. The third-order valence-corrected chi connectivity index (χ3v) is 13.2. The van der Waals surface area contributed by atoms with E-state index in [2.05, 4.69) is 34.0 Å². The highest BCUT2D eigenvalue weighted by molar-refractivity contribution is 5.79. The minimum Gasteiger partial charge on any atom is -0.492 e. The molecule has 0 saturated carbocycles. The number of rotatable bonds is 43. The van der Waals surface area contributed by atoms with Gasteiger partial charge in [0, 0.05) is 25.7 Å². The van der Waals surface area contributed by atoms with E-state index in [1.807, 2.05) is 74.8 Å². The molecule has 0 aliphatic rings. The molecule has 3 aromatic heterocycles. The Morgan fingerprint density at radius 3 is 1.06 bits per heavy atom. The lowest BCUT2D eigenvalue weighted by Gasteiger charge is -2.18. The SMILES string of the molecule is CCCCCCCCCCCCCCCCCCOc1ccc(/C=N/N(C)c2cc(N(C)/N=C/c3ccc(OCCCCCCCCCCCCCCCCCC)cn3)nc(-c3ccccc3)n2)nc1. The van der Waals surface area contributed by atoms with Gasteiger partial charge >= 0.3 is 0 Å². The highest BCUT2D eigenvalue weighted by Crippen LogP contribution is 2.25. The standard InChI is InChI=1S/C60H94N8O2/c1-5-7-9-11-13-15-17-19-21-23-25-27-29-31-33-38-46-69-56-44-42-54(61-51-56)49-63-67(3)58-48-59(66-60(65-58)53-40-36-35-37-41-53)68(4)64-50-55-43-45-57(52-62-55)70-47-39-34-32-30-28-26-24-22-20-18-16-14-12-10-8-6-2/h35-37,40-45,48-52H,5-34,38-39,46-47H2,1-4H3/b63-49+,64-50+. The maximum atomic E-state index is 6.01. The number of anilines is 2. The number of hydrazone groups is 2. The maximum Gasteiger partial charge on any atom is 0.164 e. The topological polar surface area (TPSA) is 101 Å². The second-order valence-electron chi connectivity index (χ2n) is 19.5. The van der Waals surface area contributed by atoms with Crippen molar-refractivity contribution in [3.63, 3.8) is 0 Å². The van der Waals surface area contributed by atoms with Crippen LogP contribution in [0.4, 0.5) is 11.6 Å². The zero-order valence-corrected chi connectivity index (χ0v) is 44.5. The Bertz CT molecular complexity index is 1790. The number of aromatic nitrogens is 4. The van der Waals surface area contributed by atoms with E-state index in [1.165, 1.54) is 193 Å². The van der Waals surface area contributed by atoms with Gasteiger partial charge in [0.2, 0.25) is 0 Å². The van der Waals surface area contributed by atoms with Crippen LogP contribution < -0.4 is 19.5 Å². The Morgan fingerprint density at radius 2 is 0.743 bits per heavy atom. The molecule has 0 atom stereocenters. The first-order valence-electron chi connectivity index (χ1n) is 28.2. The average molecular weight is 959 g/mol. The van der Waals surface area contributed by atoms with E-state index in [1.54, 1.807) is 34.8 Å². The van der Waals surface area contributed by atoms with Gasteiger partial charge in [-0.1, -0.05) is 237 Å². The first kappa shape index (κ1) is 57.7. The summed E-state index contributed by atoms with van der Waals surface area (Å²) in [6.45, 7) is 6.01. The van der Waals surface area contributed by atoms with Crippen molar-refractivity contribution in [3.8, 4) is 22.9 Å². The van der Waals surface area contributed by atoms with Gasteiger partial charge < -0.3 is 9.47 Å². The Morgan fingerprint density at radius 1 is 0.414 bits per heavy atom. The zero-order chi connectivity index (χ0) is 49.4. The molecule has 10 heteroatoms. The molecule has 0 aliphatic carbocycles. The lowest BCUT2D eigenvalue weighted by Crippen LogP contribution is -2.16. The van der Waals surface area contributed by atoms with Crippen molar-refractivity contribution in [1.82, 2.24) is 19.9 Å². The van der Waals surface area contributed by atoms with E-state index in [-0.39, 0.29) is 0 Å². The summed E-state index contributed by atoms with van der Waals surface area (Å²) in [5.41, 5.74) is 2.35. The van der Waals surface area contributed by atoms with E-state index in [9.17, 15) is 0 Å². The lowest BCUT2D eigenvalue weighted by molar-refractivity contribution is 0.303. The van der Waals surface area contributed by atoms with Crippen molar-refractivity contribution < 1.29 is 9.47 Å². The summed E-state index contributed by atoms with van der Waals surface area (Å²) in [7, 11) is 3.73. The lowest BCUT2D eigenvalue weighted by atomic mass is 10.0. The second kappa shape index (κ2) is 38.8. The van der Waals surface area contributed by atoms with E-state index >= 15 is 0 Å². The van der Waals surface area contributed by atoms with Crippen LogP contribution in [0.2, 0.25) is 0 Å². The molecule has 1 aromatic carbocycles. The number of unbranched alkanes of at least 4 members (excludes halogenated alkanes) is 30. The van der Waals surface area contributed by atoms with Gasteiger partial charge in [-0.15, -0.1) is 0 Å². The number of hydrogen-bond acceptors (Lipinski definition) is 10. The monoisotopic (exact) mass is 959 g/mol. The molecular weight excluding hydrogens is 865 g/mol. The number of pyridine rings is 2. The van der Waals surface area contributed by atoms with Crippen LogP contribution in [0.5, 0.6) is 11.5 Å². The normalized spacial score (nSPS) is 11.5. The summed E-state index contributed by atoms with van der Waals surface area (Å²) < 4.78 is 12.0. The van der Waals surface area contributed by atoms with Crippen LogP contribution in [0.25, 0.3) is 11.4 Å². The molecule has 0 radical (unpaired) electrons. The van der Waals surface area contributed by atoms with Gasteiger partial charge in [0.05, 0.1) is 49.4 Å². The summed E-state index contributed by atoms with van der Waals surface area (Å²) in [5, 5.41) is 12.8. The minimum atomic E-state index is 0.574. The van der Waals surface area contributed by atoms with Crippen LogP contribution in [-0.2, 0) is 0 Å². The summed E-state index contributed by atoms with van der Waals surface area (Å²) in [6, 6.07) is 19.6. The zero-order valence-electron chi connectivity index (χ0n) is 44.5. The van der Waals surface area contributed by atoms with Crippen LogP contribution in [0.15, 0.2) is 83.3 Å². The van der Waals surface area contributed by atoms with Gasteiger partial charge in [0.25, 0.3) is 0 Å². The highest BCUT2D eigenvalue weighted by atomic mass is 16.5. The van der Waals surface area contributed by atoms with Gasteiger partial charge in [0.1, 0.15) is 11.5 Å². The fraction of sp³-hybridized carbons (Fsp3) is 0.633. The molecule has 386 valence electrons. The van der Waals surface area contributed by atoms with Gasteiger partial charge in [-0.25, -0.2) is 9.97 Å². The third-order valence-electron chi connectivity index (χ3n) is 13.2. The van der Waals surface area contributed by atoms with Gasteiger partial charge in [-0.3, -0.25) is 20.0 Å². The number of ether oxygens (including phenoxy) is 2. The van der Waals surface area contributed by atoms with Crippen molar-refractivity contribution in [3.05, 3.63) is 84.4 Å². The third kappa shape index (κ3) is 26.9. The number of hydrogen-bond donors (Lipinski definition) is 0. The van der Waals surface area contributed by atoms with Crippen LogP contribution in [0, 0.1) is 0 Å². The van der Waals surface area contributed by atoms with Crippen LogP contribution >= 0.6 is 0 Å². The van der Waals surface area contributed by atoms with Crippen LogP contribution in [0.3, 0.4) is 0 Å². The fourth-order valence-corrected chi connectivity index (χ4v) is 8.67. The molecule has 10 nitrogen and oxygen atoms in total.